The summed E-state index contributed by atoms with van der Waals surface area (Å²) in [6.45, 7) is 2.09. The van der Waals surface area contributed by atoms with Gasteiger partial charge in [-0.05, 0) is 74.2 Å². The van der Waals surface area contributed by atoms with Crippen LogP contribution in [-0.4, -0.2) is 39.4 Å². The molecule has 6 rings (SSSR count). The lowest BCUT2D eigenvalue weighted by molar-refractivity contribution is 0.0653. The van der Waals surface area contributed by atoms with E-state index in [-0.39, 0.29) is 35.5 Å². The molecule has 0 radical (unpaired) electrons. The SMILES string of the molecule is CNC(=O)c1ccc(-n2c(NC3(c4ccccc4)CC3)nc3c(c2=O)C[C@@H](C)N(C(=O)c2ccc(Cl)c(Cl)c2)C3)cc1. The quantitative estimate of drug-likeness (QED) is 0.300. The predicted octanol–water partition coefficient (Wildman–Crippen LogP) is 5.59. The number of rotatable bonds is 6. The van der Waals surface area contributed by atoms with Gasteiger partial charge in [-0.25, -0.2) is 9.55 Å². The monoisotopic (exact) mass is 601 g/mol. The summed E-state index contributed by atoms with van der Waals surface area (Å²) in [5, 5.41) is 6.89. The van der Waals surface area contributed by atoms with Crippen LogP contribution in [0.4, 0.5) is 5.95 Å². The van der Waals surface area contributed by atoms with E-state index in [1.807, 2.05) is 25.1 Å². The molecule has 1 aromatic heterocycles. The van der Waals surface area contributed by atoms with Crippen molar-refractivity contribution in [2.75, 3.05) is 12.4 Å². The Morgan fingerprint density at radius 1 is 0.952 bits per heavy atom. The second kappa shape index (κ2) is 10.9. The number of carbonyl (C=O) groups excluding carboxylic acids is 2. The number of hydrogen-bond acceptors (Lipinski definition) is 5. The molecule has 0 spiro atoms. The summed E-state index contributed by atoms with van der Waals surface area (Å²) in [7, 11) is 1.57. The maximum absolute atomic E-state index is 14.2. The Hall–Kier alpha value is -4.14. The molecule has 3 aromatic carbocycles. The third-order valence-electron chi connectivity index (χ3n) is 8.08. The van der Waals surface area contributed by atoms with E-state index in [4.69, 9.17) is 28.2 Å². The largest absolute Gasteiger partial charge is 0.355 e. The summed E-state index contributed by atoms with van der Waals surface area (Å²) >= 11 is 12.3. The fourth-order valence-corrected chi connectivity index (χ4v) is 5.84. The first kappa shape index (κ1) is 28.0. The number of carbonyl (C=O) groups is 2. The Balaban J connectivity index is 1.43. The number of nitrogens with one attached hydrogen (secondary N) is 2. The standard InChI is InChI=1S/C32H29Cl2N5O3/c1-19-16-24-27(18-38(19)29(41)21-10-13-25(33)26(34)17-21)36-31(37-32(14-15-32)22-6-4-3-5-7-22)39(30(24)42)23-11-8-20(9-12-23)28(40)35-2/h3-13,17,19H,14-16,18H2,1-2H3,(H,35,40)(H,36,37)/t19-/m1/s1. The van der Waals surface area contributed by atoms with Gasteiger partial charge in [-0.3, -0.25) is 14.4 Å². The van der Waals surface area contributed by atoms with Crippen molar-refractivity contribution in [1.29, 1.82) is 0 Å². The van der Waals surface area contributed by atoms with Crippen LogP contribution >= 0.6 is 23.2 Å². The normalized spacial score (nSPS) is 16.9. The highest BCUT2D eigenvalue weighted by atomic mass is 35.5. The fraction of sp³-hybridized carbons (Fsp3) is 0.250. The molecule has 0 unspecified atom stereocenters. The van der Waals surface area contributed by atoms with E-state index >= 15 is 0 Å². The zero-order valence-electron chi connectivity index (χ0n) is 23.2. The Bertz CT molecular complexity index is 1750. The molecule has 214 valence electrons. The van der Waals surface area contributed by atoms with Gasteiger partial charge in [0.2, 0.25) is 5.95 Å². The number of fused-ring (bicyclic) bond motifs is 1. The van der Waals surface area contributed by atoms with E-state index < -0.39 is 0 Å². The van der Waals surface area contributed by atoms with Gasteiger partial charge in [-0.1, -0.05) is 53.5 Å². The Labute approximate surface area is 253 Å². The molecular formula is C32H29Cl2N5O3. The van der Waals surface area contributed by atoms with Crippen LogP contribution < -0.4 is 16.2 Å². The molecule has 2 heterocycles. The van der Waals surface area contributed by atoms with Crippen LogP contribution in [0, 0.1) is 0 Å². The van der Waals surface area contributed by atoms with Crippen molar-refractivity contribution >= 4 is 41.0 Å². The summed E-state index contributed by atoms with van der Waals surface area (Å²) in [6, 6.07) is 21.5. The first-order chi connectivity index (χ1) is 20.2. The molecule has 2 N–H and O–H groups in total. The molecule has 8 nitrogen and oxygen atoms in total. The van der Waals surface area contributed by atoms with Crippen molar-refractivity contribution in [1.82, 2.24) is 19.8 Å². The summed E-state index contributed by atoms with van der Waals surface area (Å²) < 4.78 is 1.58. The number of anilines is 1. The summed E-state index contributed by atoms with van der Waals surface area (Å²) in [5.74, 6) is -0.0263. The first-order valence-electron chi connectivity index (χ1n) is 13.8. The predicted molar refractivity (Wildman–Crippen MR) is 164 cm³/mol. The number of nitrogens with zero attached hydrogens (tertiary/aromatic N) is 3. The summed E-state index contributed by atoms with van der Waals surface area (Å²) in [5.41, 5.74) is 3.18. The summed E-state index contributed by atoms with van der Waals surface area (Å²) in [4.78, 5) is 46.6. The Morgan fingerprint density at radius 3 is 2.29 bits per heavy atom. The maximum atomic E-state index is 14.2. The van der Waals surface area contributed by atoms with Crippen LogP contribution in [0.1, 0.15) is 57.3 Å². The zero-order chi connectivity index (χ0) is 29.6. The van der Waals surface area contributed by atoms with Gasteiger partial charge in [-0.2, -0.15) is 0 Å². The molecule has 1 aliphatic heterocycles. The van der Waals surface area contributed by atoms with Crippen LogP contribution in [0.2, 0.25) is 10.0 Å². The van der Waals surface area contributed by atoms with E-state index in [0.717, 1.165) is 18.4 Å². The molecule has 0 saturated heterocycles. The van der Waals surface area contributed by atoms with Crippen molar-refractivity contribution in [3.8, 4) is 5.69 Å². The van der Waals surface area contributed by atoms with Gasteiger partial charge in [0.15, 0.2) is 0 Å². The van der Waals surface area contributed by atoms with Crippen molar-refractivity contribution in [3.05, 3.63) is 121 Å². The first-order valence-corrected chi connectivity index (χ1v) is 14.5. The zero-order valence-corrected chi connectivity index (χ0v) is 24.7. The van der Waals surface area contributed by atoms with Crippen LogP contribution in [0.25, 0.3) is 5.69 Å². The van der Waals surface area contributed by atoms with Gasteiger partial charge >= 0.3 is 0 Å². The molecule has 1 fully saturated rings. The van der Waals surface area contributed by atoms with Gasteiger partial charge in [0.05, 0.1) is 33.5 Å². The fourth-order valence-electron chi connectivity index (χ4n) is 5.54. The minimum Gasteiger partial charge on any atom is -0.355 e. The van der Waals surface area contributed by atoms with Crippen molar-refractivity contribution in [2.24, 2.45) is 0 Å². The Kier molecular flexibility index (Phi) is 7.29. The smallest absolute Gasteiger partial charge is 0.263 e. The van der Waals surface area contributed by atoms with E-state index in [9.17, 15) is 14.4 Å². The molecule has 2 aliphatic rings. The second-order valence-corrected chi connectivity index (χ2v) is 11.6. The lowest BCUT2D eigenvalue weighted by Crippen LogP contribution is -2.46. The molecule has 2 amide bonds. The van der Waals surface area contributed by atoms with E-state index in [1.165, 1.54) is 0 Å². The molecule has 42 heavy (non-hydrogen) atoms. The van der Waals surface area contributed by atoms with Crippen molar-refractivity contribution in [3.63, 3.8) is 0 Å². The molecule has 1 saturated carbocycles. The van der Waals surface area contributed by atoms with Crippen molar-refractivity contribution in [2.45, 2.75) is 44.3 Å². The van der Waals surface area contributed by atoms with Crippen LogP contribution in [0.3, 0.4) is 0 Å². The third-order valence-corrected chi connectivity index (χ3v) is 8.82. The number of halogens is 2. The van der Waals surface area contributed by atoms with Gasteiger partial charge in [-0.15, -0.1) is 0 Å². The van der Waals surface area contributed by atoms with Gasteiger partial charge in [0.1, 0.15) is 0 Å². The Morgan fingerprint density at radius 2 is 1.64 bits per heavy atom. The van der Waals surface area contributed by atoms with Crippen molar-refractivity contribution < 1.29 is 9.59 Å². The molecule has 1 aliphatic carbocycles. The highest BCUT2D eigenvalue weighted by Gasteiger charge is 2.45. The lowest BCUT2D eigenvalue weighted by Gasteiger charge is -2.35. The van der Waals surface area contributed by atoms with E-state index in [0.29, 0.717) is 50.5 Å². The molecular weight excluding hydrogens is 573 g/mol. The van der Waals surface area contributed by atoms with Gasteiger partial charge in [0.25, 0.3) is 17.4 Å². The third kappa shape index (κ3) is 5.05. The van der Waals surface area contributed by atoms with Crippen LogP contribution in [0.5, 0.6) is 0 Å². The molecule has 0 bridgehead atoms. The molecule has 4 aromatic rings. The number of benzene rings is 3. The topological polar surface area (TPSA) is 96.3 Å². The molecule has 10 heteroatoms. The number of hydrogen-bond donors (Lipinski definition) is 2. The second-order valence-electron chi connectivity index (χ2n) is 10.8. The highest BCUT2D eigenvalue weighted by Crippen LogP contribution is 2.48. The van der Waals surface area contributed by atoms with Gasteiger partial charge in [0, 0.05) is 29.8 Å². The molecule has 1 atom stereocenters. The number of aromatic nitrogens is 2. The van der Waals surface area contributed by atoms with Crippen LogP contribution in [-0.2, 0) is 18.5 Å². The van der Waals surface area contributed by atoms with Crippen LogP contribution in [0.15, 0.2) is 77.6 Å². The highest BCUT2D eigenvalue weighted by molar-refractivity contribution is 6.42. The lowest BCUT2D eigenvalue weighted by atomic mass is 9.98. The maximum Gasteiger partial charge on any atom is 0.263 e. The number of amides is 2. The van der Waals surface area contributed by atoms with E-state index in [1.54, 1.807) is 59.0 Å². The van der Waals surface area contributed by atoms with Gasteiger partial charge < -0.3 is 15.5 Å². The average Bonchev–Trinajstić information content (AvgIpc) is 3.79. The van der Waals surface area contributed by atoms with E-state index in [2.05, 4.69) is 22.8 Å². The minimum absolute atomic E-state index is 0.175. The average molecular weight is 603 g/mol. The summed E-state index contributed by atoms with van der Waals surface area (Å²) in [6.07, 6.45) is 2.12. The minimum atomic E-state index is -0.351.